The zero-order valence-corrected chi connectivity index (χ0v) is 7.53. The molecule has 1 amide bonds. The molecule has 0 fully saturated rings. The normalized spacial score (nSPS) is 14.7. The number of methoxy groups -OCH3 is 1. The van der Waals surface area contributed by atoms with E-state index in [1.165, 1.54) is 14.0 Å². The van der Waals surface area contributed by atoms with E-state index in [-0.39, 0.29) is 6.61 Å². The van der Waals surface area contributed by atoms with Crippen molar-refractivity contribution in [2.24, 2.45) is 0 Å². The molecule has 1 unspecified atom stereocenters. The van der Waals surface area contributed by atoms with E-state index < -0.39 is 24.0 Å². The van der Waals surface area contributed by atoms with Gasteiger partial charge < -0.3 is 20.3 Å². The summed E-state index contributed by atoms with van der Waals surface area (Å²) in [5.74, 6) is -1.87. The molecule has 0 bridgehead atoms. The average Bonchev–Trinajstić information content (AvgIpc) is 2.04. The molecule has 0 aromatic rings. The van der Waals surface area contributed by atoms with Gasteiger partial charge in [-0.05, 0) is 6.92 Å². The first-order valence-corrected chi connectivity index (χ1v) is 3.60. The Morgan fingerprint density at radius 2 is 2.08 bits per heavy atom. The van der Waals surface area contributed by atoms with Gasteiger partial charge in [0.05, 0.1) is 6.61 Å². The number of amides is 1. The van der Waals surface area contributed by atoms with Gasteiger partial charge in [-0.25, -0.2) is 4.79 Å². The molecule has 0 aliphatic rings. The average molecular weight is 191 g/mol. The maximum atomic E-state index is 10.9. The Morgan fingerprint density at radius 3 is 2.38 bits per heavy atom. The molecule has 0 aromatic carbocycles. The minimum atomic E-state index is -1.64. The Balaban J connectivity index is 4.27. The second-order valence-electron chi connectivity index (χ2n) is 2.78. The Morgan fingerprint density at radius 1 is 1.54 bits per heavy atom. The van der Waals surface area contributed by atoms with Crippen LogP contribution in [0.2, 0.25) is 0 Å². The fraction of sp³-hybridized carbons (Fsp3) is 0.714. The van der Waals surface area contributed by atoms with Crippen molar-refractivity contribution in [3.05, 3.63) is 0 Å². The highest BCUT2D eigenvalue weighted by molar-refractivity contribution is 5.87. The van der Waals surface area contributed by atoms with Crippen LogP contribution in [0.1, 0.15) is 6.92 Å². The standard InChI is InChI=1S/C7H13NO5/c1-7(4-9,6(11)12)8-5(10)3-13-2/h9H,3-4H2,1-2H3,(H,8,10)(H,11,12). The Bertz CT molecular complexity index is 205. The van der Waals surface area contributed by atoms with Gasteiger partial charge in [-0.3, -0.25) is 4.79 Å². The highest BCUT2D eigenvalue weighted by Crippen LogP contribution is 2.01. The van der Waals surface area contributed by atoms with Crippen LogP contribution in [0.5, 0.6) is 0 Å². The predicted molar refractivity (Wildman–Crippen MR) is 43.1 cm³/mol. The van der Waals surface area contributed by atoms with E-state index in [0.717, 1.165) is 0 Å². The second kappa shape index (κ2) is 4.78. The molecule has 6 nitrogen and oxygen atoms in total. The lowest BCUT2D eigenvalue weighted by atomic mass is 10.0. The van der Waals surface area contributed by atoms with Gasteiger partial charge in [0.15, 0.2) is 5.54 Å². The molecular weight excluding hydrogens is 178 g/mol. The summed E-state index contributed by atoms with van der Waals surface area (Å²) in [6, 6.07) is 0. The third-order valence-corrected chi connectivity index (χ3v) is 1.48. The smallest absolute Gasteiger partial charge is 0.331 e. The molecule has 0 heterocycles. The highest BCUT2D eigenvalue weighted by Gasteiger charge is 2.33. The maximum Gasteiger partial charge on any atom is 0.331 e. The number of carbonyl (C=O) groups excluding carboxylic acids is 1. The number of aliphatic hydroxyl groups excluding tert-OH is 1. The number of ether oxygens (including phenoxy) is 1. The van der Waals surface area contributed by atoms with E-state index >= 15 is 0 Å². The second-order valence-corrected chi connectivity index (χ2v) is 2.78. The first-order chi connectivity index (χ1) is 5.96. The molecule has 0 aromatic heterocycles. The summed E-state index contributed by atoms with van der Waals surface area (Å²) in [6.45, 7) is 0.309. The van der Waals surface area contributed by atoms with Gasteiger partial charge >= 0.3 is 5.97 Å². The largest absolute Gasteiger partial charge is 0.479 e. The molecule has 0 radical (unpaired) electrons. The third-order valence-electron chi connectivity index (χ3n) is 1.48. The molecule has 0 aliphatic heterocycles. The van der Waals surface area contributed by atoms with Crippen molar-refractivity contribution in [2.75, 3.05) is 20.3 Å². The van der Waals surface area contributed by atoms with Crippen molar-refractivity contribution in [3.8, 4) is 0 Å². The molecule has 13 heavy (non-hydrogen) atoms. The number of carboxylic acids is 1. The van der Waals surface area contributed by atoms with Crippen LogP contribution in [0, 0.1) is 0 Å². The van der Waals surface area contributed by atoms with Crippen molar-refractivity contribution >= 4 is 11.9 Å². The first kappa shape index (κ1) is 11.9. The topological polar surface area (TPSA) is 95.9 Å². The fourth-order valence-corrected chi connectivity index (χ4v) is 0.636. The molecule has 0 aliphatic carbocycles. The lowest BCUT2D eigenvalue weighted by Crippen LogP contribution is -2.55. The molecule has 76 valence electrons. The van der Waals surface area contributed by atoms with Crippen LogP contribution >= 0.6 is 0 Å². The SMILES string of the molecule is COCC(=O)NC(C)(CO)C(=O)O. The number of aliphatic carboxylic acids is 1. The zero-order chi connectivity index (χ0) is 10.5. The van der Waals surface area contributed by atoms with Crippen LogP contribution in [0.15, 0.2) is 0 Å². The molecule has 1 atom stereocenters. The molecule has 0 spiro atoms. The number of rotatable bonds is 5. The summed E-state index contributed by atoms with van der Waals surface area (Å²) in [5, 5.41) is 19.5. The van der Waals surface area contributed by atoms with Gasteiger partial charge in [0.1, 0.15) is 6.61 Å². The summed E-state index contributed by atoms with van der Waals surface area (Å²) in [7, 11) is 1.32. The van der Waals surface area contributed by atoms with Gasteiger partial charge in [0.25, 0.3) is 0 Å². The molecule has 0 saturated heterocycles. The lowest BCUT2D eigenvalue weighted by Gasteiger charge is -2.23. The quantitative estimate of drug-likeness (QED) is 0.496. The summed E-state index contributed by atoms with van der Waals surface area (Å²) < 4.78 is 4.49. The van der Waals surface area contributed by atoms with Crippen molar-refractivity contribution < 1.29 is 24.5 Å². The van der Waals surface area contributed by atoms with Crippen LogP contribution in [0.4, 0.5) is 0 Å². The van der Waals surface area contributed by atoms with E-state index in [1.807, 2.05) is 0 Å². The number of hydrogen-bond acceptors (Lipinski definition) is 4. The van der Waals surface area contributed by atoms with Gasteiger partial charge in [0.2, 0.25) is 5.91 Å². The molecular formula is C7H13NO5. The van der Waals surface area contributed by atoms with Crippen LogP contribution in [-0.4, -0.2) is 48.0 Å². The molecule has 6 heteroatoms. The van der Waals surface area contributed by atoms with Gasteiger partial charge in [0, 0.05) is 7.11 Å². The van der Waals surface area contributed by atoms with Crippen LogP contribution < -0.4 is 5.32 Å². The van der Waals surface area contributed by atoms with Crippen LogP contribution in [0.3, 0.4) is 0 Å². The minimum absolute atomic E-state index is 0.233. The first-order valence-electron chi connectivity index (χ1n) is 3.60. The van der Waals surface area contributed by atoms with Crippen LogP contribution in [-0.2, 0) is 14.3 Å². The summed E-state index contributed by atoms with van der Waals surface area (Å²) in [4.78, 5) is 21.5. The van der Waals surface area contributed by atoms with Crippen LogP contribution in [0.25, 0.3) is 0 Å². The van der Waals surface area contributed by atoms with E-state index in [9.17, 15) is 9.59 Å². The van der Waals surface area contributed by atoms with Gasteiger partial charge in [-0.1, -0.05) is 0 Å². The fourth-order valence-electron chi connectivity index (χ4n) is 0.636. The molecule has 0 saturated carbocycles. The number of carbonyl (C=O) groups is 2. The van der Waals surface area contributed by atoms with Crippen molar-refractivity contribution in [1.29, 1.82) is 0 Å². The van der Waals surface area contributed by atoms with E-state index in [0.29, 0.717) is 0 Å². The molecule has 3 N–H and O–H groups in total. The van der Waals surface area contributed by atoms with Gasteiger partial charge in [-0.15, -0.1) is 0 Å². The zero-order valence-electron chi connectivity index (χ0n) is 7.53. The van der Waals surface area contributed by atoms with E-state index in [4.69, 9.17) is 10.2 Å². The van der Waals surface area contributed by atoms with Crippen molar-refractivity contribution in [1.82, 2.24) is 5.32 Å². The number of carboxylic acid groups (broad SMARTS) is 1. The van der Waals surface area contributed by atoms with Crippen molar-refractivity contribution in [3.63, 3.8) is 0 Å². The predicted octanol–water partition coefficient (Wildman–Crippen LogP) is -1.42. The number of hydrogen-bond donors (Lipinski definition) is 3. The van der Waals surface area contributed by atoms with E-state index in [2.05, 4.69) is 10.1 Å². The Hall–Kier alpha value is -1.14. The lowest BCUT2D eigenvalue weighted by molar-refractivity contribution is -0.149. The highest BCUT2D eigenvalue weighted by atomic mass is 16.5. The monoisotopic (exact) mass is 191 g/mol. The number of aliphatic hydroxyl groups is 1. The molecule has 0 rings (SSSR count). The third kappa shape index (κ3) is 3.39. The number of nitrogens with one attached hydrogen (secondary N) is 1. The van der Waals surface area contributed by atoms with Gasteiger partial charge in [-0.2, -0.15) is 0 Å². The summed E-state index contributed by atoms with van der Waals surface area (Å²) >= 11 is 0. The summed E-state index contributed by atoms with van der Waals surface area (Å²) in [5.41, 5.74) is -1.64. The maximum absolute atomic E-state index is 10.9. The summed E-state index contributed by atoms with van der Waals surface area (Å²) in [6.07, 6.45) is 0. The Kier molecular flexibility index (Phi) is 4.36. The minimum Gasteiger partial charge on any atom is -0.479 e. The van der Waals surface area contributed by atoms with E-state index in [1.54, 1.807) is 0 Å². The Labute approximate surface area is 75.5 Å². The van der Waals surface area contributed by atoms with Crippen molar-refractivity contribution in [2.45, 2.75) is 12.5 Å².